The second-order valence-corrected chi connectivity index (χ2v) is 5.98. The highest BCUT2D eigenvalue weighted by Gasteiger charge is 2.26. The summed E-state index contributed by atoms with van der Waals surface area (Å²) in [5.41, 5.74) is 6.06. The molecule has 3 N–H and O–H groups in total. The van der Waals surface area contributed by atoms with Gasteiger partial charge in [-0.05, 0) is 36.5 Å². The van der Waals surface area contributed by atoms with Crippen LogP contribution >= 0.6 is 15.9 Å². The number of hydrogen-bond acceptors (Lipinski definition) is 2. The monoisotopic (exact) mass is 339 g/mol. The van der Waals surface area contributed by atoms with Crippen molar-refractivity contribution >= 4 is 27.9 Å². The van der Waals surface area contributed by atoms with Crippen molar-refractivity contribution in [1.29, 1.82) is 0 Å². The summed E-state index contributed by atoms with van der Waals surface area (Å²) < 4.78 is 0.990. The van der Waals surface area contributed by atoms with Crippen molar-refractivity contribution in [2.75, 3.05) is 13.1 Å². The summed E-state index contributed by atoms with van der Waals surface area (Å²) in [6.07, 6.45) is 2.34. The Bertz CT molecular complexity index is 503. The lowest BCUT2D eigenvalue weighted by molar-refractivity contribution is -0.130. The van der Waals surface area contributed by atoms with Gasteiger partial charge in [0.1, 0.15) is 0 Å². The maximum Gasteiger partial charge on any atom is 0.312 e. The Labute approximate surface area is 126 Å². The van der Waals surface area contributed by atoms with Crippen molar-refractivity contribution in [3.05, 3.63) is 34.3 Å². The molecule has 0 unspecified atom stereocenters. The number of amides is 3. The van der Waals surface area contributed by atoms with Crippen molar-refractivity contribution < 1.29 is 9.59 Å². The standard InChI is InChI=1S/C14H18BrN3O2/c15-12-3-1-2-11(6-12)9-18(8-10-4-5-10)13(19)7-17-14(16)20/h1-3,6,10H,4-5,7-9H2,(H3,16,17,20). The highest BCUT2D eigenvalue weighted by atomic mass is 79.9. The van der Waals surface area contributed by atoms with Gasteiger partial charge in [-0.3, -0.25) is 4.79 Å². The number of halogens is 1. The van der Waals surface area contributed by atoms with E-state index in [0.29, 0.717) is 12.5 Å². The molecule has 2 rings (SSSR count). The van der Waals surface area contributed by atoms with E-state index in [9.17, 15) is 9.59 Å². The Hall–Kier alpha value is -1.56. The first-order chi connectivity index (χ1) is 9.54. The first kappa shape index (κ1) is 14.8. The fourth-order valence-electron chi connectivity index (χ4n) is 2.00. The molecule has 0 radical (unpaired) electrons. The number of nitrogens with one attached hydrogen (secondary N) is 1. The second kappa shape index (κ2) is 6.74. The van der Waals surface area contributed by atoms with E-state index >= 15 is 0 Å². The molecule has 1 fully saturated rings. The normalized spacial score (nSPS) is 13.8. The lowest BCUT2D eigenvalue weighted by Crippen LogP contribution is -2.42. The summed E-state index contributed by atoms with van der Waals surface area (Å²) >= 11 is 3.43. The predicted octanol–water partition coefficient (Wildman–Crippen LogP) is 1.86. The lowest BCUT2D eigenvalue weighted by atomic mass is 10.2. The van der Waals surface area contributed by atoms with Crippen LogP contribution in [0.25, 0.3) is 0 Å². The zero-order valence-corrected chi connectivity index (χ0v) is 12.7. The van der Waals surface area contributed by atoms with Crippen LogP contribution < -0.4 is 11.1 Å². The number of urea groups is 1. The van der Waals surface area contributed by atoms with Gasteiger partial charge in [0.2, 0.25) is 5.91 Å². The van der Waals surface area contributed by atoms with Crippen molar-refractivity contribution in [3.63, 3.8) is 0 Å². The zero-order chi connectivity index (χ0) is 14.5. The van der Waals surface area contributed by atoms with Crippen LogP contribution in [0.4, 0.5) is 4.79 Å². The number of carbonyl (C=O) groups excluding carboxylic acids is 2. The number of primary amides is 1. The molecule has 1 aliphatic rings. The number of benzene rings is 1. The van der Waals surface area contributed by atoms with Crippen LogP contribution in [0.2, 0.25) is 0 Å². The number of nitrogens with zero attached hydrogens (tertiary/aromatic N) is 1. The Morgan fingerprint density at radius 3 is 2.75 bits per heavy atom. The predicted molar refractivity (Wildman–Crippen MR) is 79.9 cm³/mol. The fraction of sp³-hybridized carbons (Fsp3) is 0.429. The van der Waals surface area contributed by atoms with Gasteiger partial charge in [-0.1, -0.05) is 28.1 Å². The molecule has 0 spiro atoms. The molecule has 6 heteroatoms. The van der Waals surface area contributed by atoms with Gasteiger partial charge in [0.25, 0.3) is 0 Å². The molecule has 0 atom stereocenters. The highest BCUT2D eigenvalue weighted by Crippen LogP contribution is 2.30. The number of hydrogen-bond donors (Lipinski definition) is 2. The first-order valence-electron chi connectivity index (χ1n) is 6.60. The minimum absolute atomic E-state index is 0.0456. The zero-order valence-electron chi connectivity index (χ0n) is 11.1. The average Bonchev–Trinajstić information content (AvgIpc) is 3.19. The Morgan fingerprint density at radius 2 is 2.15 bits per heavy atom. The summed E-state index contributed by atoms with van der Waals surface area (Å²) in [5, 5.41) is 2.35. The van der Waals surface area contributed by atoms with E-state index in [2.05, 4.69) is 21.2 Å². The summed E-state index contributed by atoms with van der Waals surface area (Å²) in [5.74, 6) is 0.496. The van der Waals surface area contributed by atoms with Crippen molar-refractivity contribution in [1.82, 2.24) is 10.2 Å². The Morgan fingerprint density at radius 1 is 1.40 bits per heavy atom. The van der Waals surface area contributed by atoms with Gasteiger partial charge in [0.05, 0.1) is 6.54 Å². The molecule has 1 saturated carbocycles. The van der Waals surface area contributed by atoms with Crippen LogP contribution in [0.15, 0.2) is 28.7 Å². The van der Waals surface area contributed by atoms with Crippen molar-refractivity contribution in [3.8, 4) is 0 Å². The van der Waals surface area contributed by atoms with Gasteiger partial charge in [-0.15, -0.1) is 0 Å². The van der Waals surface area contributed by atoms with Crippen LogP contribution in [0.3, 0.4) is 0 Å². The van der Waals surface area contributed by atoms with E-state index in [1.807, 2.05) is 24.3 Å². The van der Waals surface area contributed by atoms with Crippen molar-refractivity contribution in [2.24, 2.45) is 11.7 Å². The van der Waals surface area contributed by atoms with E-state index in [-0.39, 0.29) is 12.5 Å². The SMILES string of the molecule is NC(=O)NCC(=O)N(Cc1cccc(Br)c1)CC1CC1. The third kappa shape index (κ3) is 4.85. The molecular formula is C14H18BrN3O2. The molecule has 0 saturated heterocycles. The minimum Gasteiger partial charge on any atom is -0.352 e. The quantitative estimate of drug-likeness (QED) is 0.829. The number of carbonyl (C=O) groups is 2. The van der Waals surface area contributed by atoms with Gasteiger partial charge < -0.3 is 16.0 Å². The smallest absolute Gasteiger partial charge is 0.312 e. The fourth-order valence-corrected chi connectivity index (χ4v) is 2.44. The summed E-state index contributed by atoms with van der Waals surface area (Å²) in [7, 11) is 0. The average molecular weight is 340 g/mol. The van der Waals surface area contributed by atoms with Gasteiger partial charge in [0.15, 0.2) is 0 Å². The molecular weight excluding hydrogens is 322 g/mol. The topological polar surface area (TPSA) is 75.4 Å². The van der Waals surface area contributed by atoms with Gasteiger partial charge >= 0.3 is 6.03 Å². The summed E-state index contributed by atoms with van der Waals surface area (Å²) in [4.78, 5) is 24.6. The lowest BCUT2D eigenvalue weighted by Gasteiger charge is -2.23. The number of rotatable bonds is 6. The van der Waals surface area contributed by atoms with Gasteiger partial charge in [0, 0.05) is 17.6 Å². The van der Waals surface area contributed by atoms with E-state index in [1.54, 1.807) is 4.90 Å². The van der Waals surface area contributed by atoms with Crippen LogP contribution in [-0.2, 0) is 11.3 Å². The van der Waals surface area contributed by atoms with E-state index < -0.39 is 6.03 Å². The molecule has 20 heavy (non-hydrogen) atoms. The molecule has 5 nitrogen and oxygen atoms in total. The van der Waals surface area contributed by atoms with Crippen LogP contribution in [0.5, 0.6) is 0 Å². The maximum atomic E-state index is 12.1. The molecule has 1 aliphatic carbocycles. The summed E-state index contributed by atoms with van der Waals surface area (Å²) in [6.45, 7) is 1.25. The second-order valence-electron chi connectivity index (χ2n) is 5.07. The molecule has 0 aromatic heterocycles. The maximum absolute atomic E-state index is 12.1. The van der Waals surface area contributed by atoms with E-state index in [1.165, 1.54) is 12.8 Å². The Kier molecular flexibility index (Phi) is 5.00. The molecule has 0 heterocycles. The molecule has 108 valence electrons. The van der Waals surface area contributed by atoms with Crippen LogP contribution in [-0.4, -0.2) is 29.9 Å². The summed E-state index contributed by atoms with van der Waals surface area (Å²) in [6, 6.07) is 7.20. The molecule has 0 bridgehead atoms. The Balaban J connectivity index is 1.98. The van der Waals surface area contributed by atoms with E-state index in [4.69, 9.17) is 5.73 Å². The van der Waals surface area contributed by atoms with Gasteiger partial charge in [-0.2, -0.15) is 0 Å². The largest absolute Gasteiger partial charge is 0.352 e. The van der Waals surface area contributed by atoms with Crippen molar-refractivity contribution in [2.45, 2.75) is 19.4 Å². The van der Waals surface area contributed by atoms with Gasteiger partial charge in [-0.25, -0.2) is 4.79 Å². The highest BCUT2D eigenvalue weighted by molar-refractivity contribution is 9.10. The molecule has 1 aromatic rings. The van der Waals surface area contributed by atoms with Crippen LogP contribution in [0, 0.1) is 5.92 Å². The van der Waals surface area contributed by atoms with Crippen LogP contribution in [0.1, 0.15) is 18.4 Å². The first-order valence-corrected chi connectivity index (χ1v) is 7.39. The number of nitrogens with two attached hydrogens (primary N) is 1. The third-order valence-corrected chi connectivity index (χ3v) is 3.70. The third-order valence-electron chi connectivity index (χ3n) is 3.20. The molecule has 0 aliphatic heterocycles. The minimum atomic E-state index is -0.674. The molecule has 1 aromatic carbocycles. The van der Waals surface area contributed by atoms with E-state index in [0.717, 1.165) is 16.6 Å². The molecule has 3 amide bonds.